The maximum atomic E-state index is 2.57. The fourth-order valence-electron chi connectivity index (χ4n) is 11.4. The monoisotopic (exact) mass is 967 g/mol. The second kappa shape index (κ2) is 17.2. The van der Waals surface area contributed by atoms with Crippen LogP contribution in [0.2, 0.25) is 0 Å². The van der Waals surface area contributed by atoms with Crippen LogP contribution >= 0.6 is 0 Å². The van der Waals surface area contributed by atoms with Gasteiger partial charge in [-0.05, 0) is 159 Å². The summed E-state index contributed by atoms with van der Waals surface area (Å²) < 4.78 is 2.54. The number of aromatic nitrogens is 1. The quantitative estimate of drug-likeness (QED) is 0.151. The molecule has 0 N–H and O–H groups in total. The van der Waals surface area contributed by atoms with Crippen molar-refractivity contribution in [3.63, 3.8) is 0 Å². The van der Waals surface area contributed by atoms with Gasteiger partial charge in [-0.25, -0.2) is 0 Å². The molecule has 0 fully saturated rings. The summed E-state index contributed by atoms with van der Waals surface area (Å²) in [7, 11) is 0. The summed E-state index contributed by atoms with van der Waals surface area (Å²) >= 11 is 0. The van der Waals surface area contributed by atoms with Crippen LogP contribution < -0.4 is 4.90 Å². The maximum absolute atomic E-state index is 2.57. The normalized spacial score (nSPS) is 13.1. The van der Waals surface area contributed by atoms with E-state index < -0.39 is 0 Å². The van der Waals surface area contributed by atoms with Crippen LogP contribution in [0, 0.1) is 0 Å². The van der Waals surface area contributed by atoms with E-state index in [0.29, 0.717) is 0 Å². The molecule has 0 saturated carbocycles. The minimum absolute atomic E-state index is 0.0234. The summed E-state index contributed by atoms with van der Waals surface area (Å²) in [5, 5.41) is 10.2. The van der Waals surface area contributed by atoms with Crippen molar-refractivity contribution in [2.24, 2.45) is 0 Å². The second-order valence-corrected chi connectivity index (χ2v) is 26.4. The molecule has 2 heteroatoms. The lowest BCUT2D eigenvalue weighted by molar-refractivity contribution is 0.568. The molecule has 11 rings (SSSR count). The first-order chi connectivity index (χ1) is 34.8. The third kappa shape index (κ3) is 8.55. The lowest BCUT2D eigenvalue weighted by Gasteiger charge is -2.33. The molecule has 0 aliphatic rings. The highest BCUT2D eigenvalue weighted by Crippen LogP contribution is 2.49. The molecule has 1 aromatic heterocycles. The smallest absolute Gasteiger partial charge is 0.0541 e. The summed E-state index contributed by atoms with van der Waals surface area (Å²) in [6, 6.07) is 67.8. The zero-order valence-electron chi connectivity index (χ0n) is 46.6. The number of rotatable bonds is 6. The van der Waals surface area contributed by atoms with Crippen molar-refractivity contribution in [2.45, 2.75) is 131 Å². The average Bonchev–Trinajstić information content (AvgIpc) is 3.68. The molecule has 0 bridgehead atoms. The predicted molar refractivity (Wildman–Crippen MR) is 324 cm³/mol. The van der Waals surface area contributed by atoms with Crippen molar-refractivity contribution in [1.29, 1.82) is 0 Å². The number of benzene rings is 10. The SMILES string of the molecule is CC(C)(C)c1cc(N(c2ccc(C(C)(C)C)c(-c3ccc(-c4ccccc4)cc3)c2)c2ccc3ccc4c(-n5c6ccc(C(C)(C)C)cc6c6cc(C(C)(C)C)ccc65)ccc5ccc2c3c54)cc(C(C)(C)C)c1. The molecule has 0 radical (unpaired) electrons. The summed E-state index contributed by atoms with van der Waals surface area (Å²) in [4.78, 5) is 2.57. The Morgan fingerprint density at radius 2 is 0.811 bits per heavy atom. The molecular formula is C72H74N2. The van der Waals surface area contributed by atoms with Crippen LogP contribution in [0.5, 0.6) is 0 Å². The summed E-state index contributed by atoms with van der Waals surface area (Å²) in [6.45, 7) is 35.0. The van der Waals surface area contributed by atoms with Gasteiger partial charge in [0.2, 0.25) is 0 Å². The van der Waals surface area contributed by atoms with Gasteiger partial charge < -0.3 is 9.47 Å². The molecule has 372 valence electrons. The summed E-state index contributed by atoms with van der Waals surface area (Å²) in [5.41, 5.74) is 18.5. The van der Waals surface area contributed by atoms with Crippen molar-refractivity contribution in [3.05, 3.63) is 204 Å². The van der Waals surface area contributed by atoms with Gasteiger partial charge in [0.05, 0.1) is 22.4 Å². The van der Waals surface area contributed by atoms with E-state index >= 15 is 0 Å². The Hall–Kier alpha value is -7.16. The van der Waals surface area contributed by atoms with Crippen LogP contribution in [-0.2, 0) is 27.1 Å². The molecule has 74 heavy (non-hydrogen) atoms. The number of anilines is 3. The van der Waals surface area contributed by atoms with Gasteiger partial charge in [0.1, 0.15) is 0 Å². The van der Waals surface area contributed by atoms with Crippen LogP contribution in [0.15, 0.2) is 176 Å². The van der Waals surface area contributed by atoms with Gasteiger partial charge >= 0.3 is 0 Å². The zero-order valence-corrected chi connectivity index (χ0v) is 46.6. The average molecular weight is 967 g/mol. The predicted octanol–water partition coefficient (Wildman–Crippen LogP) is 21.0. The molecule has 2 nitrogen and oxygen atoms in total. The fourth-order valence-corrected chi connectivity index (χ4v) is 11.4. The third-order valence-corrected chi connectivity index (χ3v) is 15.9. The number of hydrogen-bond donors (Lipinski definition) is 0. The highest BCUT2D eigenvalue weighted by Gasteiger charge is 2.28. The minimum atomic E-state index is -0.0901. The highest BCUT2D eigenvalue weighted by molar-refractivity contribution is 6.27. The van der Waals surface area contributed by atoms with Crippen LogP contribution in [0.1, 0.15) is 132 Å². The largest absolute Gasteiger partial charge is 0.310 e. The van der Waals surface area contributed by atoms with Crippen LogP contribution in [0.4, 0.5) is 17.1 Å². The Balaban J connectivity index is 1.18. The second-order valence-electron chi connectivity index (χ2n) is 26.4. The highest BCUT2D eigenvalue weighted by atomic mass is 15.1. The Morgan fingerprint density at radius 1 is 0.324 bits per heavy atom. The van der Waals surface area contributed by atoms with Crippen LogP contribution in [-0.4, -0.2) is 4.57 Å². The standard InChI is InChI=1S/C72H74N2/c1-68(2,3)50-29-37-64-59(42-50)60-43-51(69(4,5)6)30-38-65(60)74(64)63-36-28-49-25-32-56-62(35-27-48-26-33-57(63)67(49)66(48)56)73(55-40-52(70(7,8)9)39-53(41-55)71(10,11)12)54-31-34-61(72(13,14)15)58(44-54)47-23-21-46(22-24-47)45-19-17-16-18-20-45/h16-44H,1-15H3. The first-order valence-electron chi connectivity index (χ1n) is 26.9. The molecule has 11 aromatic rings. The number of nitrogens with zero attached hydrogens (tertiary/aromatic N) is 2. The minimum Gasteiger partial charge on any atom is -0.310 e. The fraction of sp³-hybridized carbons (Fsp3) is 0.278. The Morgan fingerprint density at radius 3 is 1.35 bits per heavy atom. The molecule has 0 aliphatic heterocycles. The van der Waals surface area contributed by atoms with Crippen molar-refractivity contribution in [2.75, 3.05) is 4.90 Å². The van der Waals surface area contributed by atoms with Crippen LogP contribution in [0.3, 0.4) is 0 Å². The Labute approximate surface area is 441 Å². The first-order valence-corrected chi connectivity index (χ1v) is 26.9. The van der Waals surface area contributed by atoms with E-state index in [0.717, 1.165) is 5.69 Å². The van der Waals surface area contributed by atoms with Crippen molar-refractivity contribution < 1.29 is 0 Å². The van der Waals surface area contributed by atoms with Crippen LogP contribution in [0.25, 0.3) is 82.1 Å². The van der Waals surface area contributed by atoms with E-state index in [1.165, 1.54) is 121 Å². The van der Waals surface area contributed by atoms with E-state index in [1.807, 2.05) is 0 Å². The van der Waals surface area contributed by atoms with E-state index in [1.54, 1.807) is 0 Å². The first kappa shape index (κ1) is 49.1. The van der Waals surface area contributed by atoms with Gasteiger partial charge in [0.25, 0.3) is 0 Å². The van der Waals surface area contributed by atoms with Crippen molar-refractivity contribution >= 4 is 71.2 Å². The molecule has 0 unspecified atom stereocenters. The lowest BCUT2D eigenvalue weighted by Crippen LogP contribution is -2.19. The molecule has 1 heterocycles. The zero-order chi connectivity index (χ0) is 52.4. The van der Waals surface area contributed by atoms with Crippen molar-refractivity contribution in [1.82, 2.24) is 4.57 Å². The number of hydrogen-bond acceptors (Lipinski definition) is 1. The maximum Gasteiger partial charge on any atom is 0.0541 e. The van der Waals surface area contributed by atoms with E-state index in [-0.39, 0.29) is 27.1 Å². The molecule has 0 spiro atoms. The molecule has 0 saturated heterocycles. The van der Waals surface area contributed by atoms with Gasteiger partial charge in [0.15, 0.2) is 0 Å². The van der Waals surface area contributed by atoms with Gasteiger partial charge in [-0.3, -0.25) is 0 Å². The summed E-state index contributed by atoms with van der Waals surface area (Å²) in [6.07, 6.45) is 0. The molecular weight excluding hydrogens is 893 g/mol. The molecule has 10 aromatic carbocycles. The summed E-state index contributed by atoms with van der Waals surface area (Å²) in [5.74, 6) is 0. The molecule has 0 amide bonds. The van der Waals surface area contributed by atoms with Crippen molar-refractivity contribution in [3.8, 4) is 27.9 Å². The van der Waals surface area contributed by atoms with E-state index in [2.05, 4.69) is 289 Å². The Kier molecular flexibility index (Phi) is 11.4. The Bertz CT molecular complexity index is 3840. The third-order valence-electron chi connectivity index (χ3n) is 15.9. The number of fused-ring (bicyclic) bond motifs is 3. The van der Waals surface area contributed by atoms with E-state index in [4.69, 9.17) is 0 Å². The topological polar surface area (TPSA) is 8.17 Å². The van der Waals surface area contributed by atoms with Gasteiger partial charge in [-0.15, -0.1) is 0 Å². The molecule has 0 aliphatic carbocycles. The van der Waals surface area contributed by atoms with Gasteiger partial charge in [0, 0.05) is 32.9 Å². The van der Waals surface area contributed by atoms with Gasteiger partial charge in [-0.1, -0.05) is 219 Å². The molecule has 0 atom stereocenters. The van der Waals surface area contributed by atoms with Gasteiger partial charge in [-0.2, -0.15) is 0 Å². The van der Waals surface area contributed by atoms with E-state index in [9.17, 15) is 0 Å². The lowest BCUT2D eigenvalue weighted by atomic mass is 9.80.